The van der Waals surface area contributed by atoms with Gasteiger partial charge in [-0.15, -0.1) is 13.2 Å². The van der Waals surface area contributed by atoms with Gasteiger partial charge in [0.05, 0.1) is 55.4 Å². The van der Waals surface area contributed by atoms with Crippen LogP contribution in [0, 0.1) is 0 Å². The SMILES string of the molecule is FC(F)(F)Oc1ccccc1-c1ccc2nc(/C=C/c3ccc(C(F)(F)F)cc3)[nH]c2c1.FC(F)(F)c1ccc(/C=C/c2nc3ccc(-c4ccccc4C(F)(F)F)cc3[nH]2)cc1.NCc1ccccc1-c1ccc2nc(CCc3ccc(C(F)(F)F)cc3)[nH]c2c1. The third-order valence-electron chi connectivity index (χ3n) is 14.3. The second kappa shape index (κ2) is 26.6. The molecule has 3 heterocycles. The van der Waals surface area contributed by atoms with Gasteiger partial charge in [-0.05, 0) is 154 Å². The van der Waals surface area contributed by atoms with Crippen LogP contribution < -0.4 is 10.5 Å². The van der Waals surface area contributed by atoms with E-state index in [1.54, 1.807) is 72.8 Å². The number of nitrogens with zero attached hydrogens (tertiary/aromatic N) is 3. The summed E-state index contributed by atoms with van der Waals surface area (Å²) in [5.41, 5.74) is 13.5. The van der Waals surface area contributed by atoms with Gasteiger partial charge in [0.1, 0.15) is 23.2 Å². The van der Waals surface area contributed by atoms with Crippen molar-refractivity contribution < 1.29 is 70.6 Å². The molecule has 470 valence electrons. The molecule has 23 heteroatoms. The van der Waals surface area contributed by atoms with Gasteiger partial charge in [0.25, 0.3) is 0 Å². The first-order chi connectivity index (χ1) is 43.6. The van der Waals surface area contributed by atoms with Crippen molar-refractivity contribution in [2.75, 3.05) is 0 Å². The molecule has 0 aliphatic heterocycles. The van der Waals surface area contributed by atoms with Gasteiger partial charge in [-0.3, -0.25) is 0 Å². The van der Waals surface area contributed by atoms with Crippen LogP contribution in [0.25, 0.3) is 90.8 Å². The number of alkyl halides is 15. The second-order valence-electron chi connectivity index (χ2n) is 20.7. The molecule has 3 aromatic heterocycles. The Bertz CT molecular complexity index is 4570. The number of nitrogens with two attached hydrogens (primary N) is 1. The zero-order chi connectivity index (χ0) is 65.6. The lowest BCUT2D eigenvalue weighted by molar-refractivity contribution is -0.274. The van der Waals surface area contributed by atoms with Gasteiger partial charge in [-0.1, -0.05) is 127 Å². The summed E-state index contributed by atoms with van der Waals surface area (Å²) in [4.78, 5) is 22.7. The first-order valence-electron chi connectivity index (χ1n) is 27.8. The third kappa shape index (κ3) is 16.3. The highest BCUT2D eigenvalue weighted by Crippen LogP contribution is 2.39. The average molecular weight is 1280 g/mol. The number of ether oxygens (including phenoxy) is 1. The molecule has 0 saturated heterocycles. The summed E-state index contributed by atoms with van der Waals surface area (Å²) in [6.07, 6.45) is -14.8. The van der Waals surface area contributed by atoms with E-state index in [-0.39, 0.29) is 16.9 Å². The third-order valence-corrected chi connectivity index (χ3v) is 14.3. The summed E-state index contributed by atoms with van der Waals surface area (Å²) in [5.74, 6) is 1.36. The van der Waals surface area contributed by atoms with E-state index in [1.165, 1.54) is 66.7 Å². The van der Waals surface area contributed by atoms with Gasteiger partial charge in [0.15, 0.2) is 0 Å². The van der Waals surface area contributed by atoms with E-state index in [4.69, 9.17) is 5.73 Å². The number of para-hydroxylation sites is 1. The number of imidazole rings is 3. The summed E-state index contributed by atoms with van der Waals surface area (Å²) in [6.45, 7) is 0.468. The lowest BCUT2D eigenvalue weighted by atomic mass is 9.99. The van der Waals surface area contributed by atoms with Crippen LogP contribution >= 0.6 is 0 Å². The smallest absolute Gasteiger partial charge is 0.405 e. The fourth-order valence-corrected chi connectivity index (χ4v) is 9.82. The molecule has 9 aromatic carbocycles. The topological polar surface area (TPSA) is 121 Å². The maximum absolute atomic E-state index is 13.3. The van der Waals surface area contributed by atoms with Crippen molar-refractivity contribution in [3.63, 3.8) is 0 Å². The molecular weight excluding hydrogens is 1230 g/mol. The van der Waals surface area contributed by atoms with Crippen LogP contribution in [0.4, 0.5) is 65.9 Å². The van der Waals surface area contributed by atoms with E-state index < -0.39 is 53.3 Å². The fraction of sp³-hybridized carbons (Fsp3) is 0.116. The molecule has 0 atom stereocenters. The van der Waals surface area contributed by atoms with Crippen LogP contribution in [0.2, 0.25) is 0 Å². The molecule has 0 aliphatic rings. The predicted octanol–water partition coefficient (Wildman–Crippen LogP) is 20.2. The zero-order valence-corrected chi connectivity index (χ0v) is 47.5. The van der Waals surface area contributed by atoms with Crippen LogP contribution in [-0.2, 0) is 44.1 Å². The van der Waals surface area contributed by atoms with Crippen molar-refractivity contribution in [1.82, 2.24) is 29.9 Å². The highest BCUT2D eigenvalue weighted by molar-refractivity contribution is 5.87. The van der Waals surface area contributed by atoms with Gasteiger partial charge >= 0.3 is 31.1 Å². The Kier molecular flexibility index (Phi) is 18.6. The quantitative estimate of drug-likeness (QED) is 0.0908. The molecule has 0 spiro atoms. The number of halogens is 15. The number of rotatable bonds is 12. The number of H-pyrrole nitrogens is 3. The van der Waals surface area contributed by atoms with Gasteiger partial charge in [-0.2, -0.15) is 52.7 Å². The Morgan fingerprint density at radius 2 is 0.793 bits per heavy atom. The second-order valence-corrected chi connectivity index (χ2v) is 20.7. The highest BCUT2D eigenvalue weighted by Gasteiger charge is 2.35. The predicted molar refractivity (Wildman–Crippen MR) is 324 cm³/mol. The maximum atomic E-state index is 13.3. The Labute approximate surface area is 513 Å². The van der Waals surface area contributed by atoms with E-state index in [9.17, 15) is 65.9 Å². The Balaban J connectivity index is 0.000000151. The summed E-state index contributed by atoms with van der Waals surface area (Å²) in [5, 5.41) is 0. The van der Waals surface area contributed by atoms with Crippen molar-refractivity contribution in [2.24, 2.45) is 5.73 Å². The fourth-order valence-electron chi connectivity index (χ4n) is 9.82. The summed E-state index contributed by atoms with van der Waals surface area (Å²) in [7, 11) is 0. The average Bonchev–Trinajstić information content (AvgIpc) is 1.55. The van der Waals surface area contributed by atoms with Crippen LogP contribution in [-0.4, -0.2) is 36.3 Å². The van der Waals surface area contributed by atoms with Crippen LogP contribution in [0.5, 0.6) is 5.75 Å². The Hall–Kier alpha value is -10.4. The summed E-state index contributed by atoms with van der Waals surface area (Å²) in [6, 6.07) is 49.5. The number of nitrogens with one attached hydrogen (secondary N) is 3. The number of benzene rings is 9. The largest absolute Gasteiger partial charge is 0.573 e. The molecule has 5 N–H and O–H groups in total. The lowest BCUT2D eigenvalue weighted by Crippen LogP contribution is -2.17. The number of fused-ring (bicyclic) bond motifs is 3. The van der Waals surface area contributed by atoms with E-state index in [2.05, 4.69) is 40.7 Å². The summed E-state index contributed by atoms with van der Waals surface area (Å²) < 4.78 is 196. The molecule has 0 unspecified atom stereocenters. The highest BCUT2D eigenvalue weighted by atomic mass is 19.4. The van der Waals surface area contributed by atoms with Crippen molar-refractivity contribution in [3.05, 3.63) is 262 Å². The molecule has 0 bridgehead atoms. The maximum Gasteiger partial charge on any atom is 0.573 e. The number of hydrogen-bond acceptors (Lipinski definition) is 5. The van der Waals surface area contributed by atoms with Gasteiger partial charge in [0, 0.05) is 18.5 Å². The normalized spacial score (nSPS) is 12.4. The van der Waals surface area contributed by atoms with Crippen LogP contribution in [0.15, 0.2) is 200 Å². The van der Waals surface area contributed by atoms with Gasteiger partial charge in [-0.25, -0.2) is 15.0 Å². The molecule has 0 fully saturated rings. The zero-order valence-electron chi connectivity index (χ0n) is 47.5. The molecule has 0 amide bonds. The number of aromatic nitrogens is 6. The minimum atomic E-state index is -4.82. The Morgan fingerprint density at radius 1 is 0.380 bits per heavy atom. The molecule has 12 aromatic rings. The van der Waals surface area contributed by atoms with Crippen molar-refractivity contribution in [2.45, 2.75) is 50.5 Å². The minimum absolute atomic E-state index is 0.0633. The molecular formula is C69H48F15N7O. The summed E-state index contributed by atoms with van der Waals surface area (Å²) >= 11 is 0. The molecule has 0 aliphatic carbocycles. The van der Waals surface area contributed by atoms with Crippen LogP contribution in [0.3, 0.4) is 0 Å². The van der Waals surface area contributed by atoms with Crippen molar-refractivity contribution in [1.29, 1.82) is 0 Å². The molecule has 0 radical (unpaired) electrons. The minimum Gasteiger partial charge on any atom is -0.405 e. The first kappa shape index (κ1) is 64.6. The molecule has 92 heavy (non-hydrogen) atoms. The Morgan fingerprint density at radius 3 is 1.27 bits per heavy atom. The van der Waals surface area contributed by atoms with E-state index in [0.717, 1.165) is 81.6 Å². The number of aryl methyl sites for hydroxylation is 2. The monoisotopic (exact) mass is 1280 g/mol. The molecule has 0 saturated carbocycles. The van der Waals surface area contributed by atoms with Gasteiger partial charge in [0.2, 0.25) is 0 Å². The first-order valence-corrected chi connectivity index (χ1v) is 27.8. The van der Waals surface area contributed by atoms with E-state index in [0.29, 0.717) is 75.4 Å². The lowest BCUT2D eigenvalue weighted by Gasteiger charge is -2.13. The van der Waals surface area contributed by atoms with Crippen molar-refractivity contribution in [3.8, 4) is 39.1 Å². The van der Waals surface area contributed by atoms with Gasteiger partial charge < -0.3 is 25.4 Å². The van der Waals surface area contributed by atoms with Crippen molar-refractivity contribution >= 4 is 57.4 Å². The standard InChI is InChI=1S/C23H14F6N2O.C23H14F6N2.C23H20F3N3/c24-22(25,26)16-9-5-14(6-10-16)7-12-21-30-18-11-8-15(13-19(18)31-21)17-3-1-2-4-20(17)32-23(27,28)29;24-22(25,26)16-9-5-14(6-10-16)7-12-21-30-19-11-8-15(13-20(19)31-21)17-3-1-2-4-18(17)23(27,28)29;24-23(25,26)18-9-5-15(6-10-18)7-12-22-28-20-11-8-16(13-21(20)29-22)19-4-2-1-3-17(19)14-27/h1-13H,(H,30,31);1-13H,(H,30,31);1-6,8-11,13H,7,12,14,27H2,(H,28,29)/b2*12-7+;. The van der Waals surface area contributed by atoms with Crippen LogP contribution in [0.1, 0.15) is 62.0 Å². The molecule has 12 rings (SSSR count). The van der Waals surface area contributed by atoms with E-state index in [1.807, 2.05) is 36.4 Å². The van der Waals surface area contributed by atoms with E-state index >= 15 is 0 Å². The number of hydrogen-bond donors (Lipinski definition) is 4. The number of aromatic amines is 3. The molecule has 8 nitrogen and oxygen atoms in total.